The summed E-state index contributed by atoms with van der Waals surface area (Å²) in [7, 11) is 0. The maximum Gasteiger partial charge on any atom is 0.126 e. The van der Waals surface area contributed by atoms with Crippen molar-refractivity contribution in [1.82, 2.24) is 14.7 Å². The molecule has 22 heavy (non-hydrogen) atoms. The van der Waals surface area contributed by atoms with Crippen molar-refractivity contribution in [2.75, 3.05) is 39.3 Å². The first-order chi connectivity index (χ1) is 10.5. The first-order valence-corrected chi connectivity index (χ1v) is 8.16. The molecule has 1 aromatic rings. The van der Waals surface area contributed by atoms with Crippen molar-refractivity contribution in [2.24, 2.45) is 0 Å². The van der Waals surface area contributed by atoms with Gasteiger partial charge in [-0.25, -0.2) is 8.78 Å². The molecule has 2 aliphatic heterocycles. The van der Waals surface area contributed by atoms with E-state index in [1.54, 1.807) is 0 Å². The number of benzene rings is 1. The lowest BCUT2D eigenvalue weighted by Gasteiger charge is -2.48. The number of halogens is 2. The Hall–Kier alpha value is -1.04. The lowest BCUT2D eigenvalue weighted by atomic mass is 10.0. The van der Waals surface area contributed by atoms with E-state index in [2.05, 4.69) is 28.5 Å². The third-order valence-electron chi connectivity index (χ3n) is 4.86. The molecule has 0 atom stereocenters. The minimum atomic E-state index is -0.489. The first kappa shape index (κ1) is 15.8. The molecule has 0 amide bonds. The van der Waals surface area contributed by atoms with Gasteiger partial charge in [-0.15, -0.1) is 0 Å². The average molecular weight is 309 g/mol. The van der Waals surface area contributed by atoms with Crippen molar-refractivity contribution in [3.63, 3.8) is 0 Å². The zero-order valence-corrected chi connectivity index (χ0v) is 13.4. The summed E-state index contributed by atoms with van der Waals surface area (Å²) in [5.41, 5.74) is 0.723. The van der Waals surface area contributed by atoms with Gasteiger partial charge < -0.3 is 0 Å². The molecule has 0 aromatic heterocycles. The fraction of sp³-hybridized carbons (Fsp3) is 0.647. The van der Waals surface area contributed by atoms with Crippen molar-refractivity contribution in [2.45, 2.75) is 32.5 Å². The summed E-state index contributed by atoms with van der Waals surface area (Å²) >= 11 is 0. The summed E-state index contributed by atoms with van der Waals surface area (Å²) in [5.74, 6) is -0.978. The van der Waals surface area contributed by atoms with E-state index in [0.29, 0.717) is 18.6 Å². The summed E-state index contributed by atoms with van der Waals surface area (Å²) in [6.45, 7) is 11.7. The van der Waals surface area contributed by atoms with Gasteiger partial charge in [0.15, 0.2) is 0 Å². The van der Waals surface area contributed by atoms with Crippen LogP contribution in [-0.2, 0) is 6.54 Å². The van der Waals surface area contributed by atoms with Crippen LogP contribution in [0.1, 0.15) is 19.4 Å². The van der Waals surface area contributed by atoms with Crippen LogP contribution in [0.2, 0.25) is 0 Å². The van der Waals surface area contributed by atoms with Crippen molar-refractivity contribution in [1.29, 1.82) is 0 Å². The van der Waals surface area contributed by atoms with E-state index in [-0.39, 0.29) is 0 Å². The summed E-state index contributed by atoms with van der Waals surface area (Å²) < 4.78 is 26.4. The highest BCUT2D eigenvalue weighted by Gasteiger charge is 2.33. The topological polar surface area (TPSA) is 9.72 Å². The molecule has 2 heterocycles. The third kappa shape index (κ3) is 3.65. The number of likely N-dealkylation sites (tertiary alicyclic amines) is 1. The van der Waals surface area contributed by atoms with Crippen LogP contribution >= 0.6 is 0 Å². The highest BCUT2D eigenvalue weighted by Crippen LogP contribution is 2.20. The predicted molar refractivity (Wildman–Crippen MR) is 83.7 cm³/mol. The van der Waals surface area contributed by atoms with E-state index in [0.717, 1.165) is 50.9 Å². The number of rotatable bonds is 4. The van der Waals surface area contributed by atoms with Crippen LogP contribution < -0.4 is 0 Å². The SMILES string of the molecule is CC(C)N1CCN(C2CN(Cc3cc(F)cc(F)c3)C2)CC1. The molecule has 2 saturated heterocycles. The molecule has 122 valence electrons. The Bertz CT molecular complexity index is 486. The Labute approximate surface area is 131 Å². The van der Waals surface area contributed by atoms with Gasteiger partial charge >= 0.3 is 0 Å². The number of hydrogen-bond donors (Lipinski definition) is 0. The molecule has 5 heteroatoms. The van der Waals surface area contributed by atoms with E-state index in [1.165, 1.54) is 12.1 Å². The fourth-order valence-electron chi connectivity index (χ4n) is 3.48. The van der Waals surface area contributed by atoms with E-state index >= 15 is 0 Å². The van der Waals surface area contributed by atoms with Gasteiger partial charge in [-0.05, 0) is 31.5 Å². The number of hydrogen-bond acceptors (Lipinski definition) is 3. The zero-order chi connectivity index (χ0) is 15.7. The molecular weight excluding hydrogens is 284 g/mol. The summed E-state index contributed by atoms with van der Waals surface area (Å²) in [6.07, 6.45) is 0. The zero-order valence-electron chi connectivity index (χ0n) is 13.4. The molecule has 0 unspecified atom stereocenters. The third-order valence-corrected chi connectivity index (χ3v) is 4.86. The van der Waals surface area contributed by atoms with E-state index in [9.17, 15) is 8.78 Å². The molecular formula is C17H25F2N3. The lowest BCUT2D eigenvalue weighted by molar-refractivity contribution is -0.00418. The molecule has 0 N–H and O–H groups in total. The van der Waals surface area contributed by atoms with Crippen LogP contribution in [0.3, 0.4) is 0 Å². The summed E-state index contributed by atoms with van der Waals surface area (Å²) in [5, 5.41) is 0. The van der Waals surface area contributed by atoms with Crippen molar-refractivity contribution in [3.8, 4) is 0 Å². The fourth-order valence-corrected chi connectivity index (χ4v) is 3.48. The van der Waals surface area contributed by atoms with Crippen LogP contribution in [0.5, 0.6) is 0 Å². The van der Waals surface area contributed by atoms with Gasteiger partial charge in [0.1, 0.15) is 11.6 Å². The molecule has 1 aromatic carbocycles. The molecule has 2 aliphatic rings. The Morgan fingerprint density at radius 3 is 2.14 bits per heavy atom. The van der Waals surface area contributed by atoms with Gasteiger partial charge in [-0.1, -0.05) is 0 Å². The van der Waals surface area contributed by atoms with Crippen molar-refractivity contribution < 1.29 is 8.78 Å². The van der Waals surface area contributed by atoms with Crippen LogP contribution in [0.4, 0.5) is 8.78 Å². The average Bonchev–Trinajstić information content (AvgIpc) is 2.41. The van der Waals surface area contributed by atoms with Gasteiger partial charge in [0.2, 0.25) is 0 Å². The van der Waals surface area contributed by atoms with Crippen LogP contribution in [0.25, 0.3) is 0 Å². The Morgan fingerprint density at radius 1 is 1.00 bits per heavy atom. The minimum absolute atomic E-state index is 0.489. The number of piperazine rings is 1. The maximum atomic E-state index is 13.2. The van der Waals surface area contributed by atoms with Gasteiger partial charge in [0, 0.05) is 64.0 Å². The monoisotopic (exact) mass is 309 g/mol. The molecule has 3 nitrogen and oxygen atoms in total. The standard InChI is InChI=1S/C17H25F2N3/c1-13(2)21-3-5-22(6-4-21)17-11-20(12-17)10-14-7-15(18)9-16(19)8-14/h7-9,13,17H,3-6,10-12H2,1-2H3. The van der Waals surface area contributed by atoms with E-state index < -0.39 is 11.6 Å². The molecule has 3 rings (SSSR count). The second-order valence-electron chi connectivity index (χ2n) is 6.79. The highest BCUT2D eigenvalue weighted by atomic mass is 19.1. The van der Waals surface area contributed by atoms with Gasteiger partial charge in [0.25, 0.3) is 0 Å². The minimum Gasteiger partial charge on any atom is -0.298 e. The Morgan fingerprint density at radius 2 is 1.59 bits per heavy atom. The van der Waals surface area contributed by atoms with E-state index in [4.69, 9.17) is 0 Å². The Balaban J connectivity index is 1.44. The van der Waals surface area contributed by atoms with Gasteiger partial charge in [-0.3, -0.25) is 14.7 Å². The smallest absolute Gasteiger partial charge is 0.126 e. The van der Waals surface area contributed by atoms with Crippen LogP contribution in [0.15, 0.2) is 18.2 Å². The highest BCUT2D eigenvalue weighted by molar-refractivity contribution is 5.18. The van der Waals surface area contributed by atoms with Crippen LogP contribution in [-0.4, -0.2) is 66.1 Å². The predicted octanol–water partition coefficient (Wildman–Crippen LogP) is 2.17. The summed E-state index contributed by atoms with van der Waals surface area (Å²) in [6, 6.07) is 5.02. The molecule has 0 aliphatic carbocycles. The first-order valence-electron chi connectivity index (χ1n) is 8.16. The summed E-state index contributed by atoms with van der Waals surface area (Å²) in [4.78, 5) is 7.33. The van der Waals surface area contributed by atoms with Gasteiger partial charge in [-0.2, -0.15) is 0 Å². The van der Waals surface area contributed by atoms with Gasteiger partial charge in [0.05, 0.1) is 0 Å². The lowest BCUT2D eigenvalue weighted by Crippen LogP contribution is -2.63. The molecule has 0 spiro atoms. The van der Waals surface area contributed by atoms with Crippen LogP contribution in [0, 0.1) is 11.6 Å². The van der Waals surface area contributed by atoms with Crippen molar-refractivity contribution >= 4 is 0 Å². The number of nitrogens with zero attached hydrogens (tertiary/aromatic N) is 3. The maximum absolute atomic E-state index is 13.2. The molecule has 2 fully saturated rings. The van der Waals surface area contributed by atoms with Crippen molar-refractivity contribution in [3.05, 3.63) is 35.4 Å². The normalized spacial score (nSPS) is 22.2. The Kier molecular flexibility index (Phi) is 4.76. The largest absolute Gasteiger partial charge is 0.298 e. The van der Waals surface area contributed by atoms with E-state index in [1.807, 2.05) is 0 Å². The molecule has 0 radical (unpaired) electrons. The molecule has 0 bridgehead atoms. The second-order valence-corrected chi connectivity index (χ2v) is 6.79. The molecule has 0 saturated carbocycles. The second kappa shape index (κ2) is 6.60. The quantitative estimate of drug-likeness (QED) is 0.844.